The quantitative estimate of drug-likeness (QED) is 0.342. The average molecular weight is 388 g/mol. The Hall–Kier alpha value is -3.58. The lowest BCUT2D eigenvalue weighted by molar-refractivity contribution is 0.661. The molecule has 1 nitrogen and oxygen atoms in total. The van der Waals surface area contributed by atoms with E-state index in [9.17, 15) is 0 Å². The Morgan fingerprint density at radius 1 is 0.667 bits per heavy atom. The van der Waals surface area contributed by atoms with Crippen LogP contribution in [0.1, 0.15) is 30.5 Å². The van der Waals surface area contributed by atoms with Gasteiger partial charge >= 0.3 is 0 Å². The Bertz CT molecular complexity index is 1220. The number of anilines is 3. The number of benzene rings is 4. The summed E-state index contributed by atoms with van der Waals surface area (Å²) in [7, 11) is 0. The second-order valence-electron chi connectivity index (χ2n) is 8.34. The van der Waals surface area contributed by atoms with E-state index in [1.807, 2.05) is 6.08 Å². The van der Waals surface area contributed by atoms with Crippen LogP contribution >= 0.6 is 0 Å². The Kier molecular flexibility index (Phi) is 4.33. The highest BCUT2D eigenvalue weighted by Crippen LogP contribution is 2.53. The minimum atomic E-state index is -0.0728. The van der Waals surface area contributed by atoms with E-state index < -0.39 is 0 Å². The Balaban J connectivity index is 1.77. The van der Waals surface area contributed by atoms with Crippen LogP contribution in [0.4, 0.5) is 17.1 Å². The van der Waals surface area contributed by atoms with Gasteiger partial charge in [0.2, 0.25) is 0 Å². The van der Waals surface area contributed by atoms with Crippen molar-refractivity contribution in [1.29, 1.82) is 0 Å². The first-order chi connectivity index (χ1) is 14.6. The summed E-state index contributed by atoms with van der Waals surface area (Å²) in [4.78, 5) is 2.37. The monoisotopic (exact) mass is 387 g/mol. The zero-order chi connectivity index (χ0) is 20.7. The van der Waals surface area contributed by atoms with Gasteiger partial charge in [-0.05, 0) is 58.1 Å². The molecule has 0 atom stereocenters. The summed E-state index contributed by atoms with van der Waals surface area (Å²) >= 11 is 0. The van der Waals surface area contributed by atoms with E-state index in [4.69, 9.17) is 0 Å². The summed E-state index contributed by atoms with van der Waals surface area (Å²) in [5.74, 6) is 0. The van der Waals surface area contributed by atoms with Crippen LogP contribution in [-0.2, 0) is 5.41 Å². The van der Waals surface area contributed by atoms with Crippen molar-refractivity contribution < 1.29 is 0 Å². The molecule has 1 aliphatic carbocycles. The maximum Gasteiger partial charge on any atom is 0.0508 e. The summed E-state index contributed by atoms with van der Waals surface area (Å²) in [6, 6.07) is 34.7. The van der Waals surface area contributed by atoms with Gasteiger partial charge in [-0.1, -0.05) is 93.2 Å². The maximum atomic E-state index is 3.90. The van der Waals surface area contributed by atoms with E-state index in [2.05, 4.69) is 122 Å². The van der Waals surface area contributed by atoms with Crippen LogP contribution in [0.15, 0.2) is 104 Å². The summed E-state index contributed by atoms with van der Waals surface area (Å²) in [5, 5.41) is 0. The van der Waals surface area contributed by atoms with Crippen LogP contribution in [-0.4, -0.2) is 0 Å². The fourth-order valence-electron chi connectivity index (χ4n) is 4.77. The molecule has 0 spiro atoms. The largest absolute Gasteiger partial charge is 0.310 e. The normalized spacial score (nSPS) is 13.4. The van der Waals surface area contributed by atoms with Crippen molar-refractivity contribution in [2.45, 2.75) is 19.3 Å². The number of hydrogen-bond donors (Lipinski definition) is 0. The van der Waals surface area contributed by atoms with Crippen molar-refractivity contribution in [3.05, 3.63) is 120 Å². The molecule has 146 valence electrons. The molecular formula is C29H25N. The molecule has 0 fully saturated rings. The van der Waals surface area contributed by atoms with Gasteiger partial charge in [-0.3, -0.25) is 0 Å². The first kappa shape index (κ1) is 18.4. The lowest BCUT2D eigenvalue weighted by atomic mass is 9.81. The number of hydrogen-bond acceptors (Lipinski definition) is 1. The third-order valence-electron chi connectivity index (χ3n) is 6.20. The van der Waals surface area contributed by atoms with Crippen LogP contribution < -0.4 is 4.90 Å². The molecule has 0 unspecified atom stereocenters. The van der Waals surface area contributed by atoms with E-state index in [1.54, 1.807) is 0 Å². The molecule has 0 saturated carbocycles. The smallest absolute Gasteiger partial charge is 0.0508 e. The third-order valence-corrected chi connectivity index (χ3v) is 6.20. The standard InChI is InChI=1S/C29H25N/c1-4-21-17-19-23(20-18-21)30(22-11-6-5-7-12-22)27-16-10-14-25-24-13-8-9-15-26(24)29(2,3)28(25)27/h4-20H,1H2,2-3H3. The lowest BCUT2D eigenvalue weighted by Gasteiger charge is -2.32. The first-order valence-corrected chi connectivity index (χ1v) is 10.4. The van der Waals surface area contributed by atoms with E-state index in [1.165, 1.54) is 27.9 Å². The van der Waals surface area contributed by atoms with Gasteiger partial charge < -0.3 is 4.90 Å². The van der Waals surface area contributed by atoms with Gasteiger partial charge in [0, 0.05) is 16.8 Å². The highest BCUT2D eigenvalue weighted by atomic mass is 15.1. The molecule has 0 bridgehead atoms. The molecule has 0 saturated heterocycles. The summed E-state index contributed by atoms with van der Waals surface area (Å²) < 4.78 is 0. The molecule has 1 heteroatoms. The fraction of sp³-hybridized carbons (Fsp3) is 0.103. The van der Waals surface area contributed by atoms with Crippen molar-refractivity contribution in [2.24, 2.45) is 0 Å². The minimum absolute atomic E-state index is 0.0728. The Labute approximate surface area is 178 Å². The summed E-state index contributed by atoms with van der Waals surface area (Å²) in [6.07, 6.45) is 1.89. The first-order valence-electron chi connectivity index (χ1n) is 10.4. The molecule has 1 aliphatic rings. The predicted octanol–water partition coefficient (Wildman–Crippen LogP) is 8.11. The van der Waals surface area contributed by atoms with Crippen LogP contribution in [0.3, 0.4) is 0 Å². The van der Waals surface area contributed by atoms with E-state index in [-0.39, 0.29) is 5.41 Å². The highest BCUT2D eigenvalue weighted by molar-refractivity contribution is 5.90. The van der Waals surface area contributed by atoms with Crippen molar-refractivity contribution in [1.82, 2.24) is 0 Å². The molecule has 0 amide bonds. The average Bonchev–Trinajstić information content (AvgIpc) is 3.03. The zero-order valence-corrected chi connectivity index (χ0v) is 17.5. The van der Waals surface area contributed by atoms with E-state index >= 15 is 0 Å². The number of rotatable bonds is 4. The van der Waals surface area contributed by atoms with Gasteiger partial charge in [-0.15, -0.1) is 0 Å². The predicted molar refractivity (Wildman–Crippen MR) is 129 cm³/mol. The van der Waals surface area contributed by atoms with E-state index in [0.717, 1.165) is 16.9 Å². The molecule has 0 N–H and O–H groups in total. The summed E-state index contributed by atoms with van der Waals surface area (Å²) in [6.45, 7) is 8.57. The SMILES string of the molecule is C=Cc1ccc(N(c2ccccc2)c2cccc3c2C(C)(C)c2ccccc2-3)cc1. The Morgan fingerprint density at radius 2 is 1.30 bits per heavy atom. The minimum Gasteiger partial charge on any atom is -0.310 e. The molecule has 0 heterocycles. The van der Waals surface area contributed by atoms with Gasteiger partial charge in [0.15, 0.2) is 0 Å². The molecule has 30 heavy (non-hydrogen) atoms. The van der Waals surface area contributed by atoms with Gasteiger partial charge in [0.25, 0.3) is 0 Å². The maximum absolute atomic E-state index is 3.90. The molecule has 4 aromatic rings. The molecule has 0 radical (unpaired) electrons. The Morgan fingerprint density at radius 3 is 2.03 bits per heavy atom. The summed E-state index contributed by atoms with van der Waals surface area (Å²) in [5.41, 5.74) is 10.0. The van der Waals surface area contributed by atoms with Gasteiger partial charge in [-0.2, -0.15) is 0 Å². The molecule has 4 aromatic carbocycles. The topological polar surface area (TPSA) is 3.24 Å². The van der Waals surface area contributed by atoms with Crippen molar-refractivity contribution in [2.75, 3.05) is 4.90 Å². The molecular weight excluding hydrogens is 362 g/mol. The second-order valence-corrected chi connectivity index (χ2v) is 8.34. The molecule has 0 aliphatic heterocycles. The van der Waals surface area contributed by atoms with E-state index in [0.29, 0.717) is 0 Å². The third kappa shape index (κ3) is 2.78. The fourth-order valence-corrected chi connectivity index (χ4v) is 4.77. The number of nitrogens with zero attached hydrogens (tertiary/aromatic N) is 1. The van der Waals surface area contributed by atoms with Crippen LogP contribution in [0, 0.1) is 0 Å². The lowest BCUT2D eigenvalue weighted by Crippen LogP contribution is -2.20. The number of fused-ring (bicyclic) bond motifs is 3. The zero-order valence-electron chi connectivity index (χ0n) is 17.5. The number of para-hydroxylation sites is 1. The highest BCUT2D eigenvalue weighted by Gasteiger charge is 2.38. The van der Waals surface area contributed by atoms with Crippen molar-refractivity contribution in [3.63, 3.8) is 0 Å². The van der Waals surface area contributed by atoms with Crippen LogP contribution in [0.5, 0.6) is 0 Å². The molecule has 0 aromatic heterocycles. The van der Waals surface area contributed by atoms with Crippen molar-refractivity contribution in [3.8, 4) is 11.1 Å². The van der Waals surface area contributed by atoms with Crippen LogP contribution in [0.2, 0.25) is 0 Å². The second kappa shape index (κ2) is 7.03. The van der Waals surface area contributed by atoms with Gasteiger partial charge in [0.1, 0.15) is 0 Å². The van der Waals surface area contributed by atoms with Gasteiger partial charge in [0.05, 0.1) is 5.69 Å². The van der Waals surface area contributed by atoms with Crippen molar-refractivity contribution >= 4 is 23.1 Å². The van der Waals surface area contributed by atoms with Gasteiger partial charge in [-0.25, -0.2) is 0 Å². The van der Waals surface area contributed by atoms with Crippen LogP contribution in [0.25, 0.3) is 17.2 Å². The molecule has 5 rings (SSSR count).